The van der Waals surface area contributed by atoms with E-state index in [1.165, 1.54) is 6.39 Å². The van der Waals surface area contributed by atoms with Crippen LogP contribution in [-0.2, 0) is 0 Å². The van der Waals surface area contributed by atoms with Crippen LogP contribution < -0.4 is 5.32 Å². The Morgan fingerprint density at radius 2 is 2.50 bits per heavy atom. The van der Waals surface area contributed by atoms with Crippen LogP contribution in [0, 0.1) is 6.92 Å². The number of nitrogens with zero attached hydrogens (tertiary/aromatic N) is 1. The molecule has 1 aromatic rings. The fraction of sp³-hybridized carbons (Fsp3) is 0.333. The van der Waals surface area contributed by atoms with Crippen molar-refractivity contribution in [2.24, 2.45) is 0 Å². The summed E-state index contributed by atoms with van der Waals surface area (Å²) in [4.78, 5) is 14.6. The van der Waals surface area contributed by atoms with E-state index in [9.17, 15) is 4.79 Å². The summed E-state index contributed by atoms with van der Waals surface area (Å²) in [5.74, 6) is 0.0394. The lowest BCUT2D eigenvalue weighted by Crippen LogP contribution is -2.17. The van der Waals surface area contributed by atoms with E-state index in [4.69, 9.17) is 4.42 Å². The molecule has 0 spiro atoms. The fourth-order valence-corrected chi connectivity index (χ4v) is 0.633. The molecule has 0 saturated carbocycles. The molecule has 1 heterocycles. The molecule has 1 N–H and O–H groups in total. The molecule has 1 amide bonds. The quantitative estimate of drug-likeness (QED) is 0.612. The number of hydrogen-bond donors (Lipinski definition) is 1. The minimum atomic E-state index is -0.241. The van der Waals surface area contributed by atoms with Crippen LogP contribution in [0.1, 0.15) is 16.2 Å². The molecule has 0 aromatic carbocycles. The average molecular weight is 140 g/mol. The second-order valence-electron chi connectivity index (χ2n) is 1.85. The summed E-state index contributed by atoms with van der Waals surface area (Å²) in [5.41, 5.74) is 0.611. The maximum atomic E-state index is 10.9. The van der Waals surface area contributed by atoms with Crippen molar-refractivity contribution in [3.8, 4) is 0 Å². The molecule has 0 atom stereocenters. The standard InChI is InChI=1S/C6H8N2O2/c1-4-5(6(9)7-2)10-3-8-4/h3H,1-2H3,(H,7,9). The Morgan fingerprint density at radius 1 is 1.80 bits per heavy atom. The highest BCUT2D eigenvalue weighted by atomic mass is 16.3. The zero-order valence-corrected chi connectivity index (χ0v) is 5.84. The number of aryl methyl sites for hydroxylation is 1. The number of carbonyl (C=O) groups excluding carboxylic acids is 1. The lowest BCUT2D eigenvalue weighted by atomic mass is 10.3. The van der Waals surface area contributed by atoms with E-state index >= 15 is 0 Å². The minimum absolute atomic E-state index is 0.241. The van der Waals surface area contributed by atoms with Crippen LogP contribution in [0.4, 0.5) is 0 Å². The van der Waals surface area contributed by atoms with E-state index < -0.39 is 0 Å². The van der Waals surface area contributed by atoms with Gasteiger partial charge in [-0.3, -0.25) is 4.79 Å². The maximum absolute atomic E-state index is 10.9. The van der Waals surface area contributed by atoms with Gasteiger partial charge in [-0.15, -0.1) is 0 Å². The van der Waals surface area contributed by atoms with E-state index in [1.54, 1.807) is 14.0 Å². The first-order chi connectivity index (χ1) is 4.75. The maximum Gasteiger partial charge on any atom is 0.288 e. The van der Waals surface area contributed by atoms with Gasteiger partial charge < -0.3 is 9.73 Å². The van der Waals surface area contributed by atoms with Crippen molar-refractivity contribution in [2.75, 3.05) is 7.05 Å². The Morgan fingerprint density at radius 3 is 2.90 bits per heavy atom. The highest BCUT2D eigenvalue weighted by molar-refractivity contribution is 5.91. The molecule has 0 saturated heterocycles. The van der Waals surface area contributed by atoms with E-state index in [1.807, 2.05) is 0 Å². The van der Waals surface area contributed by atoms with Gasteiger partial charge in [0.2, 0.25) is 5.76 Å². The Kier molecular flexibility index (Phi) is 1.71. The van der Waals surface area contributed by atoms with Gasteiger partial charge in [0.05, 0.1) is 5.69 Å². The molecular formula is C6H8N2O2. The molecule has 0 fully saturated rings. The Labute approximate surface area is 58.3 Å². The molecule has 54 valence electrons. The van der Waals surface area contributed by atoms with Gasteiger partial charge in [-0.05, 0) is 6.92 Å². The first-order valence-electron chi connectivity index (χ1n) is 2.88. The Bertz CT molecular complexity index is 242. The smallest absolute Gasteiger partial charge is 0.288 e. The number of hydrogen-bond acceptors (Lipinski definition) is 3. The van der Waals surface area contributed by atoms with Crippen molar-refractivity contribution in [1.29, 1.82) is 0 Å². The van der Waals surface area contributed by atoms with E-state index in [-0.39, 0.29) is 11.7 Å². The van der Waals surface area contributed by atoms with Crippen molar-refractivity contribution in [2.45, 2.75) is 6.92 Å². The number of aromatic nitrogens is 1. The van der Waals surface area contributed by atoms with Crippen LogP contribution >= 0.6 is 0 Å². The molecule has 1 aromatic heterocycles. The predicted molar refractivity (Wildman–Crippen MR) is 34.6 cm³/mol. The van der Waals surface area contributed by atoms with Crippen LogP contribution in [0.15, 0.2) is 10.8 Å². The van der Waals surface area contributed by atoms with E-state index in [0.717, 1.165) is 0 Å². The zero-order valence-electron chi connectivity index (χ0n) is 5.84. The fourth-order valence-electron chi connectivity index (χ4n) is 0.633. The van der Waals surface area contributed by atoms with Gasteiger partial charge in [0.1, 0.15) is 0 Å². The van der Waals surface area contributed by atoms with Crippen molar-refractivity contribution in [1.82, 2.24) is 10.3 Å². The van der Waals surface area contributed by atoms with Crippen molar-refractivity contribution in [3.63, 3.8) is 0 Å². The van der Waals surface area contributed by atoms with Gasteiger partial charge in [0.25, 0.3) is 5.91 Å². The summed E-state index contributed by atoms with van der Waals surface area (Å²) in [6.07, 6.45) is 1.25. The second kappa shape index (κ2) is 2.51. The summed E-state index contributed by atoms with van der Waals surface area (Å²) < 4.78 is 4.79. The molecule has 0 unspecified atom stereocenters. The third-order valence-corrected chi connectivity index (χ3v) is 1.18. The van der Waals surface area contributed by atoms with E-state index in [2.05, 4.69) is 10.3 Å². The highest BCUT2D eigenvalue weighted by Crippen LogP contribution is 2.02. The highest BCUT2D eigenvalue weighted by Gasteiger charge is 2.10. The SMILES string of the molecule is CNC(=O)c1ocnc1C. The van der Waals surface area contributed by atoms with Gasteiger partial charge >= 0.3 is 0 Å². The summed E-state index contributed by atoms with van der Waals surface area (Å²) >= 11 is 0. The molecule has 0 radical (unpaired) electrons. The molecular weight excluding hydrogens is 132 g/mol. The molecule has 4 nitrogen and oxygen atoms in total. The molecule has 0 aliphatic carbocycles. The van der Waals surface area contributed by atoms with Crippen molar-refractivity contribution in [3.05, 3.63) is 17.8 Å². The molecule has 0 aliphatic rings. The number of carbonyl (C=O) groups is 1. The number of rotatable bonds is 1. The van der Waals surface area contributed by atoms with Gasteiger partial charge in [-0.25, -0.2) is 4.98 Å². The van der Waals surface area contributed by atoms with Crippen LogP contribution in [-0.4, -0.2) is 17.9 Å². The normalized spacial score (nSPS) is 9.40. The Hall–Kier alpha value is -1.32. The molecule has 1 rings (SSSR count). The third-order valence-electron chi connectivity index (χ3n) is 1.18. The van der Waals surface area contributed by atoms with Crippen LogP contribution in [0.25, 0.3) is 0 Å². The van der Waals surface area contributed by atoms with Crippen LogP contribution in [0.3, 0.4) is 0 Å². The monoisotopic (exact) mass is 140 g/mol. The second-order valence-corrected chi connectivity index (χ2v) is 1.85. The van der Waals surface area contributed by atoms with Crippen LogP contribution in [0.5, 0.6) is 0 Å². The number of nitrogens with one attached hydrogen (secondary N) is 1. The first-order valence-corrected chi connectivity index (χ1v) is 2.88. The average Bonchev–Trinajstić information content (AvgIpc) is 2.34. The van der Waals surface area contributed by atoms with Crippen LogP contribution in [0.2, 0.25) is 0 Å². The molecule has 0 aliphatic heterocycles. The number of amides is 1. The first kappa shape index (κ1) is 6.80. The van der Waals surface area contributed by atoms with Gasteiger partial charge in [-0.1, -0.05) is 0 Å². The lowest BCUT2D eigenvalue weighted by molar-refractivity contribution is 0.0935. The summed E-state index contributed by atoms with van der Waals surface area (Å²) in [7, 11) is 1.55. The molecule has 4 heteroatoms. The minimum Gasteiger partial charge on any atom is -0.438 e. The van der Waals surface area contributed by atoms with Crippen molar-refractivity contribution < 1.29 is 9.21 Å². The largest absolute Gasteiger partial charge is 0.438 e. The predicted octanol–water partition coefficient (Wildman–Crippen LogP) is 0.343. The molecule has 0 bridgehead atoms. The Balaban J connectivity index is 2.93. The summed E-state index contributed by atoms with van der Waals surface area (Å²) in [5, 5.41) is 2.44. The van der Waals surface area contributed by atoms with Gasteiger partial charge in [-0.2, -0.15) is 0 Å². The topological polar surface area (TPSA) is 55.1 Å². The van der Waals surface area contributed by atoms with Crippen molar-refractivity contribution >= 4 is 5.91 Å². The molecule has 10 heavy (non-hydrogen) atoms. The van der Waals surface area contributed by atoms with Gasteiger partial charge in [0, 0.05) is 7.05 Å². The number of oxazole rings is 1. The summed E-state index contributed by atoms with van der Waals surface area (Å²) in [6.45, 7) is 1.72. The third kappa shape index (κ3) is 1.00. The zero-order chi connectivity index (χ0) is 7.56. The van der Waals surface area contributed by atoms with Gasteiger partial charge in [0.15, 0.2) is 6.39 Å². The summed E-state index contributed by atoms with van der Waals surface area (Å²) in [6, 6.07) is 0. The lowest BCUT2D eigenvalue weighted by Gasteiger charge is -1.92. The van der Waals surface area contributed by atoms with E-state index in [0.29, 0.717) is 5.69 Å².